The molecule has 2 aromatic rings. The molecule has 2 rings (SSSR count). The highest BCUT2D eigenvalue weighted by atomic mass is 16.5. The summed E-state index contributed by atoms with van der Waals surface area (Å²) in [5.41, 5.74) is 5.73. The number of esters is 1. The molecule has 2 N–H and O–H groups in total. The highest BCUT2D eigenvalue weighted by Gasteiger charge is 2.13. The summed E-state index contributed by atoms with van der Waals surface area (Å²) in [4.78, 5) is 36.3. The first-order valence-corrected chi connectivity index (χ1v) is 10.8. The fourth-order valence-corrected chi connectivity index (χ4v) is 3.27. The van der Waals surface area contributed by atoms with Crippen molar-refractivity contribution >= 4 is 29.2 Å². The number of carbonyl (C=O) groups is 3. The summed E-state index contributed by atoms with van der Waals surface area (Å²) in [7, 11) is 0. The lowest BCUT2D eigenvalue weighted by Gasteiger charge is -2.14. The summed E-state index contributed by atoms with van der Waals surface area (Å²) >= 11 is 0. The molecule has 2 aromatic carbocycles. The van der Waals surface area contributed by atoms with Gasteiger partial charge in [0.2, 0.25) is 5.91 Å². The maximum atomic E-state index is 12.2. The van der Waals surface area contributed by atoms with E-state index in [1.807, 2.05) is 64.1 Å². The van der Waals surface area contributed by atoms with E-state index in [0.29, 0.717) is 6.42 Å². The molecule has 0 heterocycles. The van der Waals surface area contributed by atoms with Crippen LogP contribution in [0.3, 0.4) is 0 Å². The van der Waals surface area contributed by atoms with Crippen LogP contribution in [0.4, 0.5) is 11.4 Å². The molecule has 6 nitrogen and oxygen atoms in total. The van der Waals surface area contributed by atoms with Gasteiger partial charge in [0.1, 0.15) is 0 Å². The van der Waals surface area contributed by atoms with Crippen LogP contribution in [0.15, 0.2) is 36.4 Å². The molecule has 0 bridgehead atoms. The minimum absolute atomic E-state index is 0.0826. The van der Waals surface area contributed by atoms with Gasteiger partial charge in [-0.3, -0.25) is 14.4 Å². The number of anilines is 2. The van der Waals surface area contributed by atoms with Crippen molar-refractivity contribution in [1.29, 1.82) is 0 Å². The second-order valence-corrected chi connectivity index (χ2v) is 7.59. The number of benzene rings is 2. The van der Waals surface area contributed by atoms with E-state index in [2.05, 4.69) is 10.6 Å². The van der Waals surface area contributed by atoms with Crippen LogP contribution in [0.1, 0.15) is 55.4 Å². The van der Waals surface area contributed by atoms with Gasteiger partial charge in [0.25, 0.3) is 5.91 Å². The molecule has 0 aliphatic heterocycles. The molecule has 166 valence electrons. The van der Waals surface area contributed by atoms with Crippen molar-refractivity contribution in [1.82, 2.24) is 0 Å². The van der Waals surface area contributed by atoms with Gasteiger partial charge in [0.05, 0.1) is 0 Å². The van der Waals surface area contributed by atoms with E-state index in [-0.39, 0.29) is 31.3 Å². The Morgan fingerprint density at radius 3 is 2.19 bits per heavy atom. The average Bonchev–Trinajstić information content (AvgIpc) is 2.75. The number of hydrogen-bond donors (Lipinski definition) is 2. The molecule has 0 saturated carbocycles. The Balaban J connectivity index is 1.74. The number of para-hydroxylation sites is 1. The first-order chi connectivity index (χ1) is 14.8. The highest BCUT2D eigenvalue weighted by molar-refractivity contribution is 5.94. The van der Waals surface area contributed by atoms with Gasteiger partial charge in [0, 0.05) is 24.2 Å². The van der Waals surface area contributed by atoms with Gasteiger partial charge in [-0.25, -0.2) is 0 Å². The summed E-state index contributed by atoms with van der Waals surface area (Å²) in [5, 5.41) is 5.74. The molecule has 2 amide bonds. The van der Waals surface area contributed by atoms with E-state index in [9.17, 15) is 14.4 Å². The molecule has 31 heavy (non-hydrogen) atoms. The van der Waals surface area contributed by atoms with Crippen LogP contribution in [-0.4, -0.2) is 24.4 Å². The highest BCUT2D eigenvalue weighted by Crippen LogP contribution is 2.22. The van der Waals surface area contributed by atoms with Crippen LogP contribution in [0, 0.1) is 13.8 Å². The van der Waals surface area contributed by atoms with Crippen LogP contribution in [-0.2, 0) is 32.0 Å². The Bertz CT molecular complexity index is 915. The smallest absolute Gasteiger partial charge is 0.306 e. The molecule has 0 atom stereocenters. The van der Waals surface area contributed by atoms with Crippen LogP contribution in [0.2, 0.25) is 0 Å². The Hall–Kier alpha value is -3.15. The quantitative estimate of drug-likeness (QED) is 0.541. The summed E-state index contributed by atoms with van der Waals surface area (Å²) < 4.78 is 5.08. The van der Waals surface area contributed by atoms with Crippen molar-refractivity contribution < 1.29 is 19.1 Å². The third kappa shape index (κ3) is 7.55. The fourth-order valence-electron chi connectivity index (χ4n) is 3.27. The number of ether oxygens (including phenoxy) is 1. The van der Waals surface area contributed by atoms with E-state index in [1.165, 1.54) is 0 Å². The molecule has 6 heteroatoms. The van der Waals surface area contributed by atoms with Crippen molar-refractivity contribution in [3.05, 3.63) is 58.7 Å². The van der Waals surface area contributed by atoms with Gasteiger partial charge in [0.15, 0.2) is 6.61 Å². The Kier molecular flexibility index (Phi) is 9.25. The Morgan fingerprint density at radius 2 is 1.55 bits per heavy atom. The van der Waals surface area contributed by atoms with Gasteiger partial charge in [-0.05, 0) is 61.4 Å². The normalized spacial score (nSPS) is 10.5. The van der Waals surface area contributed by atoms with Crippen molar-refractivity contribution in [3.8, 4) is 0 Å². The Labute approximate surface area is 184 Å². The van der Waals surface area contributed by atoms with Crippen LogP contribution in [0.25, 0.3) is 0 Å². The first-order valence-electron chi connectivity index (χ1n) is 10.8. The standard InChI is InChI=1S/C25H32N2O4/c1-5-19-9-7-10-20(6-2)25(19)27-23(29)16-31-24(30)12-8-11-22(28)26-21-15-17(3)13-14-18(21)4/h7,9-10,13-15H,5-6,8,11-12,16H2,1-4H3,(H,26,28)(H,27,29). The molecule has 0 aromatic heterocycles. The zero-order chi connectivity index (χ0) is 22.8. The fraction of sp³-hybridized carbons (Fsp3) is 0.400. The van der Waals surface area contributed by atoms with E-state index < -0.39 is 5.97 Å². The number of hydrogen-bond acceptors (Lipinski definition) is 4. The molecular weight excluding hydrogens is 392 g/mol. The lowest BCUT2D eigenvalue weighted by atomic mass is 10.0. The van der Waals surface area contributed by atoms with Gasteiger partial charge in [-0.1, -0.05) is 44.2 Å². The molecule has 0 unspecified atom stereocenters. The van der Waals surface area contributed by atoms with Gasteiger partial charge < -0.3 is 15.4 Å². The van der Waals surface area contributed by atoms with Crippen molar-refractivity contribution in [3.63, 3.8) is 0 Å². The number of nitrogens with one attached hydrogen (secondary N) is 2. The number of aryl methyl sites for hydroxylation is 4. The van der Waals surface area contributed by atoms with Crippen LogP contribution >= 0.6 is 0 Å². The topological polar surface area (TPSA) is 84.5 Å². The molecule has 0 saturated heterocycles. The summed E-state index contributed by atoms with van der Waals surface area (Å²) in [6, 6.07) is 11.8. The first kappa shape index (κ1) is 24.1. The summed E-state index contributed by atoms with van der Waals surface area (Å²) in [5.74, 6) is -1.01. The Morgan fingerprint density at radius 1 is 0.871 bits per heavy atom. The second-order valence-electron chi connectivity index (χ2n) is 7.59. The summed E-state index contributed by atoms with van der Waals surface area (Å²) in [6.07, 6.45) is 2.24. The number of carbonyl (C=O) groups excluding carboxylic acids is 3. The summed E-state index contributed by atoms with van der Waals surface area (Å²) in [6.45, 7) is 7.61. The van der Waals surface area contributed by atoms with Crippen molar-refractivity contribution in [2.24, 2.45) is 0 Å². The minimum atomic E-state index is -0.492. The lowest BCUT2D eigenvalue weighted by molar-refractivity contribution is -0.147. The van der Waals surface area contributed by atoms with E-state index in [4.69, 9.17) is 4.74 Å². The zero-order valence-electron chi connectivity index (χ0n) is 18.8. The zero-order valence-corrected chi connectivity index (χ0v) is 18.8. The molecule has 0 radical (unpaired) electrons. The number of amides is 2. The van der Waals surface area contributed by atoms with E-state index in [1.54, 1.807) is 0 Å². The van der Waals surface area contributed by atoms with E-state index in [0.717, 1.165) is 46.5 Å². The largest absolute Gasteiger partial charge is 0.456 e. The molecule has 0 aliphatic carbocycles. The molecule has 0 aliphatic rings. The van der Waals surface area contributed by atoms with Crippen LogP contribution in [0.5, 0.6) is 0 Å². The predicted octanol–water partition coefficient (Wildman–Crippen LogP) is 4.72. The second kappa shape index (κ2) is 11.9. The van der Waals surface area contributed by atoms with Gasteiger partial charge in [-0.15, -0.1) is 0 Å². The SMILES string of the molecule is CCc1cccc(CC)c1NC(=O)COC(=O)CCCC(=O)Nc1cc(C)ccc1C. The monoisotopic (exact) mass is 424 g/mol. The van der Waals surface area contributed by atoms with Crippen molar-refractivity contribution in [2.45, 2.75) is 59.8 Å². The molecular formula is C25H32N2O4. The lowest BCUT2D eigenvalue weighted by Crippen LogP contribution is -2.22. The third-order valence-corrected chi connectivity index (χ3v) is 5.08. The van der Waals surface area contributed by atoms with Crippen molar-refractivity contribution in [2.75, 3.05) is 17.2 Å². The van der Waals surface area contributed by atoms with E-state index >= 15 is 0 Å². The minimum Gasteiger partial charge on any atom is -0.456 e. The third-order valence-electron chi connectivity index (χ3n) is 5.08. The van der Waals surface area contributed by atoms with Crippen LogP contribution < -0.4 is 10.6 Å². The van der Waals surface area contributed by atoms with Gasteiger partial charge >= 0.3 is 5.97 Å². The molecule has 0 fully saturated rings. The maximum absolute atomic E-state index is 12.2. The van der Waals surface area contributed by atoms with Gasteiger partial charge in [-0.2, -0.15) is 0 Å². The maximum Gasteiger partial charge on any atom is 0.306 e. The number of rotatable bonds is 10. The average molecular weight is 425 g/mol. The predicted molar refractivity (Wildman–Crippen MR) is 123 cm³/mol. The molecule has 0 spiro atoms.